The smallest absolute Gasteiger partial charge is 0.230 e. The SMILES string of the molecule is CCC1(C(=O)N2CCN(C(C)=O)CC2)CCNC1. The molecule has 2 rings (SSSR count). The van der Waals surface area contributed by atoms with Crippen molar-refractivity contribution < 1.29 is 9.59 Å². The molecule has 2 saturated heterocycles. The lowest BCUT2D eigenvalue weighted by Crippen LogP contribution is -2.54. The number of rotatable bonds is 2. The summed E-state index contributed by atoms with van der Waals surface area (Å²) in [5, 5.41) is 3.30. The zero-order chi connectivity index (χ0) is 13.2. The highest BCUT2D eigenvalue weighted by Crippen LogP contribution is 2.32. The molecule has 0 radical (unpaired) electrons. The van der Waals surface area contributed by atoms with Crippen molar-refractivity contribution >= 4 is 11.8 Å². The monoisotopic (exact) mass is 253 g/mol. The van der Waals surface area contributed by atoms with Crippen LogP contribution in [0.3, 0.4) is 0 Å². The van der Waals surface area contributed by atoms with E-state index in [1.807, 2.05) is 9.80 Å². The van der Waals surface area contributed by atoms with E-state index in [1.54, 1.807) is 6.92 Å². The zero-order valence-electron chi connectivity index (χ0n) is 11.4. The fourth-order valence-corrected chi connectivity index (χ4v) is 2.94. The Balaban J connectivity index is 1.96. The molecule has 0 aromatic rings. The van der Waals surface area contributed by atoms with Crippen molar-refractivity contribution in [1.82, 2.24) is 15.1 Å². The summed E-state index contributed by atoms with van der Waals surface area (Å²) in [6.07, 6.45) is 1.83. The minimum Gasteiger partial charge on any atom is -0.339 e. The first kappa shape index (κ1) is 13.3. The Labute approximate surface area is 108 Å². The Morgan fingerprint density at radius 3 is 2.22 bits per heavy atom. The first-order valence-corrected chi connectivity index (χ1v) is 6.85. The molecule has 5 nitrogen and oxygen atoms in total. The van der Waals surface area contributed by atoms with Crippen molar-refractivity contribution in [2.24, 2.45) is 5.41 Å². The average molecular weight is 253 g/mol. The number of nitrogens with one attached hydrogen (secondary N) is 1. The van der Waals surface area contributed by atoms with Crippen molar-refractivity contribution in [3.8, 4) is 0 Å². The minimum atomic E-state index is -0.196. The summed E-state index contributed by atoms with van der Waals surface area (Å²) >= 11 is 0. The van der Waals surface area contributed by atoms with E-state index < -0.39 is 0 Å². The molecule has 1 N–H and O–H groups in total. The fraction of sp³-hybridized carbons (Fsp3) is 0.846. The van der Waals surface area contributed by atoms with Crippen LogP contribution in [-0.2, 0) is 9.59 Å². The number of carbonyl (C=O) groups excluding carboxylic acids is 2. The van der Waals surface area contributed by atoms with Gasteiger partial charge in [0.25, 0.3) is 0 Å². The first-order valence-electron chi connectivity index (χ1n) is 6.85. The van der Waals surface area contributed by atoms with Crippen LogP contribution in [0.4, 0.5) is 0 Å². The van der Waals surface area contributed by atoms with E-state index in [0.717, 1.165) is 25.9 Å². The molecule has 2 aliphatic heterocycles. The minimum absolute atomic E-state index is 0.106. The largest absolute Gasteiger partial charge is 0.339 e. The van der Waals surface area contributed by atoms with Gasteiger partial charge in [0.2, 0.25) is 11.8 Å². The van der Waals surface area contributed by atoms with E-state index in [2.05, 4.69) is 12.2 Å². The number of amides is 2. The Kier molecular flexibility index (Phi) is 3.90. The Morgan fingerprint density at radius 2 is 1.78 bits per heavy atom. The van der Waals surface area contributed by atoms with E-state index in [4.69, 9.17) is 0 Å². The van der Waals surface area contributed by atoms with Crippen LogP contribution < -0.4 is 5.32 Å². The molecule has 0 bridgehead atoms. The number of hydrogen-bond acceptors (Lipinski definition) is 3. The second-order valence-corrected chi connectivity index (χ2v) is 5.36. The van der Waals surface area contributed by atoms with Gasteiger partial charge in [-0.1, -0.05) is 6.92 Å². The highest BCUT2D eigenvalue weighted by Gasteiger charge is 2.42. The molecule has 0 saturated carbocycles. The van der Waals surface area contributed by atoms with Gasteiger partial charge in [-0.25, -0.2) is 0 Å². The Hall–Kier alpha value is -1.10. The quantitative estimate of drug-likeness (QED) is 0.757. The van der Waals surface area contributed by atoms with Crippen molar-refractivity contribution in [3.05, 3.63) is 0 Å². The topological polar surface area (TPSA) is 52.7 Å². The third kappa shape index (κ3) is 2.36. The first-order chi connectivity index (χ1) is 8.59. The molecular formula is C13H23N3O2. The van der Waals surface area contributed by atoms with E-state index in [9.17, 15) is 9.59 Å². The summed E-state index contributed by atoms with van der Waals surface area (Å²) in [6.45, 7) is 8.13. The number of piperazine rings is 1. The van der Waals surface area contributed by atoms with Crippen LogP contribution in [0.1, 0.15) is 26.7 Å². The van der Waals surface area contributed by atoms with Crippen LogP contribution in [0.2, 0.25) is 0 Å². The summed E-state index contributed by atoms with van der Waals surface area (Å²) in [6, 6.07) is 0. The van der Waals surface area contributed by atoms with Crippen LogP contribution >= 0.6 is 0 Å². The summed E-state index contributed by atoms with van der Waals surface area (Å²) in [5.74, 6) is 0.382. The van der Waals surface area contributed by atoms with Gasteiger partial charge < -0.3 is 15.1 Å². The standard InChI is InChI=1S/C13H23N3O2/c1-3-13(4-5-14-10-13)12(18)16-8-6-15(7-9-16)11(2)17/h14H,3-10H2,1-2H3. The highest BCUT2D eigenvalue weighted by atomic mass is 16.2. The second kappa shape index (κ2) is 5.26. The lowest BCUT2D eigenvalue weighted by Gasteiger charge is -2.39. The molecular weight excluding hydrogens is 230 g/mol. The van der Waals surface area contributed by atoms with E-state index in [1.165, 1.54) is 0 Å². The summed E-state index contributed by atoms with van der Waals surface area (Å²) in [7, 11) is 0. The maximum Gasteiger partial charge on any atom is 0.230 e. The number of carbonyl (C=O) groups is 2. The fourth-order valence-electron chi connectivity index (χ4n) is 2.94. The van der Waals surface area contributed by atoms with Gasteiger partial charge in [0.15, 0.2) is 0 Å². The molecule has 5 heteroatoms. The van der Waals surface area contributed by atoms with Gasteiger partial charge in [-0.3, -0.25) is 9.59 Å². The van der Waals surface area contributed by atoms with Crippen molar-refractivity contribution in [1.29, 1.82) is 0 Å². The Morgan fingerprint density at radius 1 is 1.17 bits per heavy atom. The van der Waals surface area contributed by atoms with Gasteiger partial charge in [0.1, 0.15) is 0 Å². The summed E-state index contributed by atoms with van der Waals surface area (Å²) < 4.78 is 0. The molecule has 2 amide bonds. The van der Waals surface area contributed by atoms with Gasteiger partial charge in [-0.2, -0.15) is 0 Å². The summed E-state index contributed by atoms with van der Waals surface area (Å²) in [4.78, 5) is 27.6. The lowest BCUT2D eigenvalue weighted by molar-refractivity contribution is -0.146. The van der Waals surface area contributed by atoms with Gasteiger partial charge in [-0.15, -0.1) is 0 Å². The van der Waals surface area contributed by atoms with Crippen molar-refractivity contribution in [2.45, 2.75) is 26.7 Å². The van der Waals surface area contributed by atoms with Gasteiger partial charge >= 0.3 is 0 Å². The van der Waals surface area contributed by atoms with Crippen LogP contribution in [0.5, 0.6) is 0 Å². The third-order valence-corrected chi connectivity index (χ3v) is 4.39. The number of hydrogen-bond donors (Lipinski definition) is 1. The molecule has 1 atom stereocenters. The van der Waals surface area contributed by atoms with Gasteiger partial charge in [-0.05, 0) is 19.4 Å². The molecule has 102 valence electrons. The average Bonchev–Trinajstić information content (AvgIpc) is 2.88. The van der Waals surface area contributed by atoms with Crippen LogP contribution in [-0.4, -0.2) is 60.9 Å². The molecule has 0 aliphatic carbocycles. The highest BCUT2D eigenvalue weighted by molar-refractivity contribution is 5.84. The predicted molar refractivity (Wildman–Crippen MR) is 69.0 cm³/mol. The third-order valence-electron chi connectivity index (χ3n) is 4.39. The molecule has 0 aromatic carbocycles. The van der Waals surface area contributed by atoms with Crippen LogP contribution in [0, 0.1) is 5.41 Å². The van der Waals surface area contributed by atoms with Crippen molar-refractivity contribution in [3.63, 3.8) is 0 Å². The van der Waals surface area contributed by atoms with Crippen molar-refractivity contribution in [2.75, 3.05) is 39.3 Å². The molecule has 2 fully saturated rings. The zero-order valence-corrected chi connectivity index (χ0v) is 11.4. The summed E-state index contributed by atoms with van der Waals surface area (Å²) in [5.41, 5.74) is -0.196. The van der Waals surface area contributed by atoms with Gasteiger partial charge in [0.05, 0.1) is 5.41 Å². The van der Waals surface area contributed by atoms with Gasteiger partial charge in [0, 0.05) is 39.6 Å². The normalized spacial score (nSPS) is 28.6. The Bertz CT molecular complexity index is 329. The van der Waals surface area contributed by atoms with E-state index in [-0.39, 0.29) is 17.2 Å². The van der Waals surface area contributed by atoms with E-state index in [0.29, 0.717) is 26.2 Å². The van der Waals surface area contributed by atoms with Crippen LogP contribution in [0.25, 0.3) is 0 Å². The molecule has 0 spiro atoms. The number of nitrogens with zero attached hydrogens (tertiary/aromatic N) is 2. The van der Waals surface area contributed by atoms with Crippen LogP contribution in [0.15, 0.2) is 0 Å². The maximum atomic E-state index is 12.6. The molecule has 18 heavy (non-hydrogen) atoms. The predicted octanol–water partition coefficient (Wildman–Crippen LogP) is 0.0668. The second-order valence-electron chi connectivity index (χ2n) is 5.36. The molecule has 0 aromatic heterocycles. The molecule has 2 heterocycles. The maximum absolute atomic E-state index is 12.6. The van der Waals surface area contributed by atoms with E-state index >= 15 is 0 Å². The lowest BCUT2D eigenvalue weighted by atomic mass is 9.82. The molecule has 1 unspecified atom stereocenters. The molecule has 2 aliphatic rings.